The largest absolute Gasteiger partial charge is 0.449 e. The maximum Gasteiger partial charge on any atom is 0.341 e. The third-order valence-corrected chi connectivity index (χ3v) is 7.25. The van der Waals surface area contributed by atoms with E-state index in [0.717, 1.165) is 11.3 Å². The summed E-state index contributed by atoms with van der Waals surface area (Å²) >= 11 is 6.68. The van der Waals surface area contributed by atoms with Crippen molar-refractivity contribution in [2.75, 3.05) is 10.0 Å². The van der Waals surface area contributed by atoms with Gasteiger partial charge in [0.2, 0.25) is 0 Å². The number of nitriles is 1. The van der Waals surface area contributed by atoms with Gasteiger partial charge in [-0.05, 0) is 43.3 Å². The maximum absolute atomic E-state index is 12.7. The highest BCUT2D eigenvalue weighted by atomic mass is 35.5. The molecule has 1 heterocycles. The van der Waals surface area contributed by atoms with Gasteiger partial charge in [0.15, 0.2) is 6.10 Å². The van der Waals surface area contributed by atoms with Gasteiger partial charge < -0.3 is 10.1 Å². The van der Waals surface area contributed by atoms with Gasteiger partial charge in [-0.3, -0.25) is 9.52 Å². The number of amides is 1. The molecule has 1 amide bonds. The topological polar surface area (TPSA) is 125 Å². The van der Waals surface area contributed by atoms with Crippen LogP contribution in [0.15, 0.2) is 64.9 Å². The number of carbonyl (C=O) groups excluding carboxylic acids is 2. The van der Waals surface area contributed by atoms with Gasteiger partial charge in [0.1, 0.15) is 10.3 Å². The summed E-state index contributed by atoms with van der Waals surface area (Å²) in [5, 5.41) is 11.7. The van der Waals surface area contributed by atoms with E-state index in [1.54, 1.807) is 24.3 Å². The van der Waals surface area contributed by atoms with Gasteiger partial charge >= 0.3 is 5.97 Å². The zero-order valence-corrected chi connectivity index (χ0v) is 18.9. The van der Waals surface area contributed by atoms with Crippen molar-refractivity contribution in [3.05, 3.63) is 76.1 Å². The number of hydrogen-bond donors (Lipinski definition) is 2. The molecule has 0 saturated carbocycles. The molecule has 32 heavy (non-hydrogen) atoms. The number of esters is 1. The molecule has 1 aromatic heterocycles. The molecule has 0 unspecified atom stereocenters. The van der Waals surface area contributed by atoms with E-state index in [1.807, 2.05) is 6.07 Å². The van der Waals surface area contributed by atoms with E-state index in [4.69, 9.17) is 21.6 Å². The number of halogens is 1. The van der Waals surface area contributed by atoms with Crippen molar-refractivity contribution >= 4 is 56.2 Å². The normalized spacial score (nSPS) is 11.8. The van der Waals surface area contributed by atoms with E-state index >= 15 is 0 Å². The standard InChI is InChI=1S/C21H16ClN3O5S2/c1-13(20(26)24-16-8-4-2-6-14(16)12-23)30-21(27)15-7-3-5-9-17(15)25-32(28,29)19-11-10-18(22)31-19/h2-11,13,25H,1H3,(H,24,26)/t13-/m1/s1. The molecule has 0 aliphatic carbocycles. The molecule has 1 atom stereocenters. The van der Waals surface area contributed by atoms with Crippen LogP contribution >= 0.6 is 22.9 Å². The van der Waals surface area contributed by atoms with Gasteiger partial charge in [-0.2, -0.15) is 5.26 Å². The summed E-state index contributed by atoms with van der Waals surface area (Å²) in [6, 6.07) is 17.0. The van der Waals surface area contributed by atoms with Crippen molar-refractivity contribution in [1.29, 1.82) is 5.26 Å². The first-order chi connectivity index (χ1) is 15.2. The SMILES string of the molecule is C[C@@H](OC(=O)c1ccccc1NS(=O)(=O)c1ccc(Cl)s1)C(=O)Nc1ccccc1C#N. The van der Waals surface area contributed by atoms with Crippen molar-refractivity contribution in [2.45, 2.75) is 17.2 Å². The van der Waals surface area contributed by atoms with Gasteiger partial charge in [0, 0.05) is 0 Å². The molecule has 0 aliphatic rings. The molecule has 3 aromatic rings. The van der Waals surface area contributed by atoms with Crippen LogP contribution in [0.25, 0.3) is 0 Å². The Morgan fingerprint density at radius 3 is 2.38 bits per heavy atom. The Hall–Kier alpha value is -3.39. The first-order valence-corrected chi connectivity index (χ1v) is 11.8. The summed E-state index contributed by atoms with van der Waals surface area (Å²) in [5.41, 5.74) is 0.457. The zero-order valence-electron chi connectivity index (χ0n) is 16.5. The molecule has 164 valence electrons. The number of ether oxygens (including phenoxy) is 1. The molecular formula is C21H16ClN3O5S2. The lowest BCUT2D eigenvalue weighted by molar-refractivity contribution is -0.123. The Morgan fingerprint density at radius 1 is 1.06 bits per heavy atom. The minimum absolute atomic E-state index is 0.00976. The van der Waals surface area contributed by atoms with Gasteiger partial charge in [0.05, 0.1) is 26.8 Å². The lowest BCUT2D eigenvalue weighted by Crippen LogP contribution is -2.30. The fourth-order valence-corrected chi connectivity index (χ4v) is 5.15. The van der Waals surface area contributed by atoms with Crippen molar-refractivity contribution in [3.63, 3.8) is 0 Å². The Bertz CT molecular complexity index is 1310. The van der Waals surface area contributed by atoms with Crippen LogP contribution in [0.1, 0.15) is 22.8 Å². The van der Waals surface area contributed by atoms with Crippen LogP contribution < -0.4 is 10.0 Å². The predicted molar refractivity (Wildman–Crippen MR) is 121 cm³/mol. The highest BCUT2D eigenvalue weighted by Gasteiger charge is 2.24. The molecule has 2 N–H and O–H groups in total. The van der Waals surface area contributed by atoms with Gasteiger partial charge in [-0.1, -0.05) is 35.9 Å². The molecule has 2 aromatic carbocycles. The maximum atomic E-state index is 12.7. The van der Waals surface area contributed by atoms with Crippen molar-refractivity contribution < 1.29 is 22.7 Å². The Kier molecular flexibility index (Phi) is 7.15. The molecule has 0 bridgehead atoms. The average molecular weight is 490 g/mol. The highest BCUT2D eigenvalue weighted by Crippen LogP contribution is 2.28. The molecule has 0 aliphatic heterocycles. The van der Waals surface area contributed by atoms with Crippen LogP contribution in [0.4, 0.5) is 11.4 Å². The molecule has 0 spiro atoms. The monoisotopic (exact) mass is 489 g/mol. The van der Waals surface area contributed by atoms with E-state index in [-0.39, 0.29) is 26.7 Å². The van der Waals surface area contributed by atoms with Gasteiger partial charge in [0.25, 0.3) is 15.9 Å². The molecule has 0 saturated heterocycles. The van der Waals surface area contributed by atoms with Crippen molar-refractivity contribution in [1.82, 2.24) is 0 Å². The summed E-state index contributed by atoms with van der Waals surface area (Å²) in [6.07, 6.45) is -1.21. The van der Waals surface area contributed by atoms with E-state index in [9.17, 15) is 18.0 Å². The minimum Gasteiger partial charge on any atom is -0.449 e. The Morgan fingerprint density at radius 2 is 1.72 bits per heavy atom. The van der Waals surface area contributed by atoms with Crippen LogP contribution in [0, 0.1) is 11.3 Å². The van der Waals surface area contributed by atoms with Gasteiger partial charge in [-0.15, -0.1) is 11.3 Å². The van der Waals surface area contributed by atoms with Crippen LogP contribution in [0.5, 0.6) is 0 Å². The van der Waals surface area contributed by atoms with E-state index in [0.29, 0.717) is 4.34 Å². The smallest absolute Gasteiger partial charge is 0.341 e. The summed E-state index contributed by atoms with van der Waals surface area (Å²) in [5.74, 6) is -1.55. The van der Waals surface area contributed by atoms with Crippen molar-refractivity contribution in [2.24, 2.45) is 0 Å². The van der Waals surface area contributed by atoms with Crippen LogP contribution in [0.2, 0.25) is 4.34 Å². The number of nitrogens with one attached hydrogen (secondary N) is 2. The van der Waals surface area contributed by atoms with Crippen LogP contribution in [-0.2, 0) is 19.6 Å². The molecular weight excluding hydrogens is 474 g/mol. The summed E-state index contributed by atoms with van der Waals surface area (Å²) < 4.78 is 33.0. The number of rotatable bonds is 7. The second-order valence-electron chi connectivity index (χ2n) is 6.40. The number of para-hydroxylation sites is 2. The number of thiophene rings is 1. The second kappa shape index (κ2) is 9.82. The fraction of sp³-hybridized carbons (Fsp3) is 0.0952. The molecule has 0 fully saturated rings. The fourth-order valence-electron chi connectivity index (χ4n) is 2.59. The lowest BCUT2D eigenvalue weighted by atomic mass is 10.2. The number of nitrogens with zero attached hydrogens (tertiary/aromatic N) is 1. The third kappa shape index (κ3) is 5.45. The number of carbonyl (C=O) groups is 2. The number of anilines is 2. The minimum atomic E-state index is -3.98. The number of sulfonamides is 1. The predicted octanol–water partition coefficient (Wildman–Crippen LogP) is 4.26. The zero-order chi connectivity index (χ0) is 23.3. The van der Waals surface area contributed by atoms with E-state index < -0.39 is 28.0 Å². The summed E-state index contributed by atoms with van der Waals surface area (Å²) in [4.78, 5) is 25.1. The van der Waals surface area contributed by atoms with Crippen LogP contribution in [0.3, 0.4) is 0 Å². The number of benzene rings is 2. The summed E-state index contributed by atoms with van der Waals surface area (Å²) in [7, 11) is -3.98. The first kappa shape index (κ1) is 23.3. The van der Waals surface area contributed by atoms with Crippen molar-refractivity contribution in [3.8, 4) is 6.07 Å². The van der Waals surface area contributed by atoms with Gasteiger partial charge in [-0.25, -0.2) is 13.2 Å². The third-order valence-electron chi connectivity index (χ3n) is 4.16. The van der Waals surface area contributed by atoms with Crippen LogP contribution in [-0.4, -0.2) is 26.4 Å². The molecule has 0 radical (unpaired) electrons. The second-order valence-corrected chi connectivity index (χ2v) is 10.0. The first-order valence-electron chi connectivity index (χ1n) is 9.09. The quantitative estimate of drug-likeness (QED) is 0.477. The molecule has 3 rings (SSSR count). The average Bonchev–Trinajstić information content (AvgIpc) is 3.21. The summed E-state index contributed by atoms with van der Waals surface area (Å²) in [6.45, 7) is 1.36. The molecule has 11 heteroatoms. The van der Waals surface area contributed by atoms with E-state index in [1.165, 1.54) is 43.3 Å². The molecule has 8 nitrogen and oxygen atoms in total. The Labute approximate surface area is 193 Å². The Balaban J connectivity index is 1.74. The lowest BCUT2D eigenvalue weighted by Gasteiger charge is -2.16. The number of hydrogen-bond acceptors (Lipinski definition) is 7. The van der Waals surface area contributed by atoms with E-state index in [2.05, 4.69) is 10.0 Å². The highest BCUT2D eigenvalue weighted by molar-refractivity contribution is 7.94.